The molecule has 0 aromatic carbocycles. The van der Waals surface area contributed by atoms with Gasteiger partial charge in [0.25, 0.3) is 0 Å². The summed E-state index contributed by atoms with van der Waals surface area (Å²) in [6.45, 7) is 2.79. The molecule has 0 bridgehead atoms. The van der Waals surface area contributed by atoms with Crippen molar-refractivity contribution in [1.29, 1.82) is 0 Å². The minimum absolute atomic E-state index is 0.332. The summed E-state index contributed by atoms with van der Waals surface area (Å²) in [4.78, 5) is 0. The lowest BCUT2D eigenvalue weighted by Gasteiger charge is -2.07. The molecule has 0 saturated heterocycles. The van der Waals surface area contributed by atoms with Gasteiger partial charge in [0.1, 0.15) is 0 Å². The van der Waals surface area contributed by atoms with Crippen molar-refractivity contribution >= 4 is 23.3 Å². The van der Waals surface area contributed by atoms with E-state index in [9.17, 15) is 0 Å². The van der Waals surface area contributed by atoms with E-state index in [1.807, 2.05) is 6.92 Å². The van der Waals surface area contributed by atoms with Crippen LogP contribution < -0.4 is 5.32 Å². The molecule has 0 saturated carbocycles. The Morgan fingerprint density at radius 2 is 2.64 bits per heavy atom. The van der Waals surface area contributed by atoms with Crippen LogP contribution in [0.1, 0.15) is 12.6 Å². The Kier molecular flexibility index (Phi) is 3.76. The zero-order chi connectivity index (χ0) is 8.10. The second-order valence-electron chi connectivity index (χ2n) is 2.34. The lowest BCUT2D eigenvalue weighted by atomic mass is 10.3. The van der Waals surface area contributed by atoms with Crippen LogP contribution in [-0.2, 0) is 6.54 Å². The molecule has 0 aliphatic carbocycles. The molecule has 1 unspecified atom stereocenters. The molecule has 1 heterocycles. The number of aromatic nitrogens is 2. The SMILES string of the molecule is CC(CCl)NCc1cnsn1. The van der Waals surface area contributed by atoms with Crippen LogP contribution in [0.15, 0.2) is 6.20 Å². The highest BCUT2D eigenvalue weighted by atomic mass is 35.5. The molecule has 1 atom stereocenters. The fourth-order valence-electron chi connectivity index (χ4n) is 0.595. The molecule has 62 valence electrons. The third-order valence-corrected chi connectivity index (χ3v) is 2.25. The summed E-state index contributed by atoms with van der Waals surface area (Å²) in [5.41, 5.74) is 0.979. The summed E-state index contributed by atoms with van der Waals surface area (Å²) < 4.78 is 7.93. The molecule has 0 aliphatic heterocycles. The van der Waals surface area contributed by atoms with E-state index < -0.39 is 0 Å². The zero-order valence-corrected chi connectivity index (χ0v) is 7.82. The largest absolute Gasteiger partial charge is 0.307 e. The Morgan fingerprint density at radius 3 is 3.18 bits per heavy atom. The van der Waals surface area contributed by atoms with E-state index in [0.717, 1.165) is 12.2 Å². The van der Waals surface area contributed by atoms with E-state index in [4.69, 9.17) is 11.6 Å². The smallest absolute Gasteiger partial charge is 0.0880 e. The monoisotopic (exact) mass is 191 g/mol. The summed E-state index contributed by atoms with van der Waals surface area (Å²) in [7, 11) is 0. The average molecular weight is 192 g/mol. The van der Waals surface area contributed by atoms with E-state index >= 15 is 0 Å². The van der Waals surface area contributed by atoms with Gasteiger partial charge in [-0.05, 0) is 6.92 Å². The van der Waals surface area contributed by atoms with Gasteiger partial charge in [-0.1, -0.05) is 0 Å². The molecule has 1 aromatic rings. The van der Waals surface area contributed by atoms with Crippen LogP contribution >= 0.6 is 23.3 Å². The fourth-order valence-corrected chi connectivity index (χ4v) is 1.14. The van der Waals surface area contributed by atoms with E-state index in [0.29, 0.717) is 11.9 Å². The fraction of sp³-hybridized carbons (Fsp3) is 0.667. The number of nitrogens with one attached hydrogen (secondary N) is 1. The number of nitrogens with zero attached hydrogens (tertiary/aromatic N) is 2. The Balaban J connectivity index is 2.23. The topological polar surface area (TPSA) is 37.8 Å². The summed E-state index contributed by atoms with van der Waals surface area (Å²) >= 11 is 6.82. The molecule has 1 aromatic heterocycles. The van der Waals surface area contributed by atoms with Gasteiger partial charge in [-0.2, -0.15) is 8.75 Å². The first kappa shape index (κ1) is 8.90. The number of hydrogen-bond acceptors (Lipinski definition) is 4. The second-order valence-corrected chi connectivity index (χ2v) is 3.20. The first-order valence-electron chi connectivity index (χ1n) is 3.38. The van der Waals surface area contributed by atoms with Gasteiger partial charge in [0.2, 0.25) is 0 Å². The normalized spacial score (nSPS) is 13.3. The number of hydrogen-bond donors (Lipinski definition) is 1. The van der Waals surface area contributed by atoms with Crippen LogP contribution in [0.4, 0.5) is 0 Å². The molecular formula is C6H10ClN3S. The van der Waals surface area contributed by atoms with Crippen molar-refractivity contribution in [2.45, 2.75) is 19.5 Å². The zero-order valence-electron chi connectivity index (χ0n) is 6.25. The highest BCUT2D eigenvalue weighted by molar-refractivity contribution is 6.99. The van der Waals surface area contributed by atoms with Gasteiger partial charge in [-0.3, -0.25) is 0 Å². The van der Waals surface area contributed by atoms with Gasteiger partial charge in [0, 0.05) is 18.5 Å². The van der Waals surface area contributed by atoms with Gasteiger partial charge in [0.05, 0.1) is 23.6 Å². The lowest BCUT2D eigenvalue weighted by Crippen LogP contribution is -2.26. The van der Waals surface area contributed by atoms with Crippen molar-refractivity contribution in [3.05, 3.63) is 11.9 Å². The average Bonchev–Trinajstić information content (AvgIpc) is 2.52. The molecule has 0 amide bonds. The van der Waals surface area contributed by atoms with Gasteiger partial charge < -0.3 is 5.32 Å². The molecular weight excluding hydrogens is 182 g/mol. The molecule has 0 fully saturated rings. The minimum atomic E-state index is 0.332. The molecule has 0 aliphatic rings. The van der Waals surface area contributed by atoms with E-state index in [-0.39, 0.29) is 0 Å². The summed E-state index contributed by atoms with van der Waals surface area (Å²) in [5.74, 6) is 0.623. The van der Waals surface area contributed by atoms with Crippen LogP contribution in [0.5, 0.6) is 0 Å². The van der Waals surface area contributed by atoms with Gasteiger partial charge in [-0.15, -0.1) is 11.6 Å². The van der Waals surface area contributed by atoms with Crippen molar-refractivity contribution < 1.29 is 0 Å². The quantitative estimate of drug-likeness (QED) is 0.729. The summed E-state index contributed by atoms with van der Waals surface area (Å²) in [6, 6.07) is 0.332. The van der Waals surface area contributed by atoms with Crippen molar-refractivity contribution in [2.24, 2.45) is 0 Å². The first-order valence-corrected chi connectivity index (χ1v) is 4.65. The highest BCUT2D eigenvalue weighted by Crippen LogP contribution is 1.95. The Labute approximate surface area is 75.1 Å². The van der Waals surface area contributed by atoms with Crippen LogP contribution in [0.2, 0.25) is 0 Å². The maximum absolute atomic E-state index is 5.60. The maximum Gasteiger partial charge on any atom is 0.0880 e. The molecule has 0 radical (unpaired) electrons. The van der Waals surface area contributed by atoms with Crippen molar-refractivity contribution in [3.63, 3.8) is 0 Å². The molecule has 11 heavy (non-hydrogen) atoms. The third kappa shape index (κ3) is 3.14. The molecule has 1 rings (SSSR count). The number of rotatable bonds is 4. The van der Waals surface area contributed by atoms with Gasteiger partial charge in [0.15, 0.2) is 0 Å². The first-order chi connectivity index (χ1) is 5.33. The third-order valence-electron chi connectivity index (χ3n) is 1.27. The Hall–Kier alpha value is -0.190. The van der Waals surface area contributed by atoms with Gasteiger partial charge >= 0.3 is 0 Å². The van der Waals surface area contributed by atoms with E-state index in [2.05, 4.69) is 14.1 Å². The Bertz CT molecular complexity index is 190. The summed E-state index contributed by atoms with van der Waals surface area (Å²) in [5, 5.41) is 3.21. The minimum Gasteiger partial charge on any atom is -0.307 e. The number of halogens is 1. The molecule has 3 nitrogen and oxygen atoms in total. The van der Waals surface area contributed by atoms with Gasteiger partial charge in [-0.25, -0.2) is 0 Å². The lowest BCUT2D eigenvalue weighted by molar-refractivity contribution is 0.588. The molecule has 0 spiro atoms. The van der Waals surface area contributed by atoms with Crippen molar-refractivity contribution in [1.82, 2.24) is 14.1 Å². The van der Waals surface area contributed by atoms with Crippen molar-refractivity contribution in [2.75, 3.05) is 5.88 Å². The highest BCUT2D eigenvalue weighted by Gasteiger charge is 1.99. The van der Waals surface area contributed by atoms with Crippen LogP contribution in [0.3, 0.4) is 0 Å². The van der Waals surface area contributed by atoms with Crippen molar-refractivity contribution in [3.8, 4) is 0 Å². The van der Waals surface area contributed by atoms with Crippen LogP contribution in [0, 0.1) is 0 Å². The molecule has 1 N–H and O–H groups in total. The van der Waals surface area contributed by atoms with E-state index in [1.54, 1.807) is 6.20 Å². The predicted octanol–water partition coefficient (Wildman–Crippen LogP) is 1.25. The van der Waals surface area contributed by atoms with E-state index in [1.165, 1.54) is 11.7 Å². The predicted molar refractivity (Wildman–Crippen MR) is 46.9 cm³/mol. The van der Waals surface area contributed by atoms with Crippen LogP contribution in [0.25, 0.3) is 0 Å². The molecule has 5 heteroatoms. The standard InChI is InChI=1S/C6H10ClN3S/c1-5(2-7)8-3-6-4-9-11-10-6/h4-5,8H,2-3H2,1H3. The Morgan fingerprint density at radius 1 is 1.82 bits per heavy atom. The maximum atomic E-state index is 5.60. The summed E-state index contributed by atoms with van der Waals surface area (Å²) in [6.07, 6.45) is 1.76. The number of alkyl halides is 1. The van der Waals surface area contributed by atoms with Crippen LogP contribution in [-0.4, -0.2) is 20.7 Å². The second kappa shape index (κ2) is 4.64.